The lowest BCUT2D eigenvalue weighted by Gasteiger charge is -2.32. The molecule has 4 N–H and O–H groups in total. The first-order valence-electron chi connectivity index (χ1n) is 11.5. The number of aromatic nitrogens is 4. The molecule has 1 amide bonds. The van der Waals surface area contributed by atoms with E-state index < -0.39 is 5.82 Å². The van der Waals surface area contributed by atoms with E-state index in [-0.39, 0.29) is 29.7 Å². The highest BCUT2D eigenvalue weighted by Crippen LogP contribution is 2.29. The molecule has 0 spiro atoms. The SMILES string of the molecule is O=C(N[C@@H]1CCC[C@H](Nc2nc(-c3c[nH]c4ncc(Cl)cc34)ncc2F)C1)C1CCNCC1. The zero-order valence-corrected chi connectivity index (χ0v) is 19.0. The highest BCUT2D eigenvalue weighted by molar-refractivity contribution is 6.31. The summed E-state index contributed by atoms with van der Waals surface area (Å²) in [5, 5.41) is 11.0. The predicted molar refractivity (Wildman–Crippen MR) is 125 cm³/mol. The summed E-state index contributed by atoms with van der Waals surface area (Å²) < 4.78 is 14.6. The van der Waals surface area contributed by atoms with Crippen molar-refractivity contribution in [2.45, 2.75) is 50.6 Å². The van der Waals surface area contributed by atoms with Gasteiger partial charge in [-0.25, -0.2) is 19.3 Å². The topological polar surface area (TPSA) is 108 Å². The Kier molecular flexibility index (Phi) is 6.41. The molecule has 0 radical (unpaired) electrons. The molecule has 2 fully saturated rings. The van der Waals surface area contributed by atoms with Crippen LogP contribution in [0.15, 0.2) is 24.7 Å². The number of carbonyl (C=O) groups is 1. The minimum absolute atomic E-state index is 0.0217. The Morgan fingerprint density at radius 3 is 2.79 bits per heavy atom. The lowest BCUT2D eigenvalue weighted by Crippen LogP contribution is -2.46. The van der Waals surface area contributed by atoms with Crippen LogP contribution < -0.4 is 16.0 Å². The van der Waals surface area contributed by atoms with Gasteiger partial charge in [0.25, 0.3) is 0 Å². The number of anilines is 1. The molecule has 2 atom stereocenters. The molecule has 1 aliphatic heterocycles. The maximum absolute atomic E-state index is 14.6. The van der Waals surface area contributed by atoms with E-state index in [4.69, 9.17) is 11.6 Å². The normalized spacial score (nSPS) is 21.8. The van der Waals surface area contributed by atoms with Crippen molar-refractivity contribution in [1.82, 2.24) is 30.6 Å². The number of piperidine rings is 1. The van der Waals surface area contributed by atoms with Crippen molar-refractivity contribution in [1.29, 1.82) is 0 Å². The Hall–Kier alpha value is -2.78. The van der Waals surface area contributed by atoms with Gasteiger partial charge in [-0.2, -0.15) is 0 Å². The Balaban J connectivity index is 1.28. The fourth-order valence-corrected chi connectivity index (χ4v) is 4.97. The Morgan fingerprint density at radius 1 is 1.12 bits per heavy atom. The van der Waals surface area contributed by atoms with Gasteiger partial charge in [0.1, 0.15) is 5.65 Å². The van der Waals surface area contributed by atoms with Crippen LogP contribution in [0, 0.1) is 11.7 Å². The monoisotopic (exact) mass is 471 g/mol. The number of hydrogen-bond acceptors (Lipinski definition) is 6. The number of amides is 1. The van der Waals surface area contributed by atoms with Gasteiger partial charge in [0.15, 0.2) is 17.5 Å². The van der Waals surface area contributed by atoms with Gasteiger partial charge in [0.2, 0.25) is 5.91 Å². The summed E-state index contributed by atoms with van der Waals surface area (Å²) in [5.41, 5.74) is 1.37. The van der Waals surface area contributed by atoms with Crippen LogP contribution >= 0.6 is 11.6 Å². The molecule has 0 bridgehead atoms. The van der Waals surface area contributed by atoms with E-state index in [9.17, 15) is 9.18 Å². The van der Waals surface area contributed by atoms with Gasteiger partial charge in [-0.15, -0.1) is 0 Å². The number of carbonyl (C=O) groups excluding carboxylic acids is 1. The molecule has 3 aromatic rings. The maximum atomic E-state index is 14.6. The number of hydrogen-bond donors (Lipinski definition) is 4. The Bertz CT molecular complexity index is 1150. The minimum atomic E-state index is -0.504. The van der Waals surface area contributed by atoms with E-state index in [0.717, 1.165) is 57.0 Å². The fourth-order valence-electron chi connectivity index (χ4n) is 4.81. The zero-order chi connectivity index (χ0) is 22.8. The van der Waals surface area contributed by atoms with E-state index in [1.165, 1.54) is 6.20 Å². The molecule has 10 heteroatoms. The molecule has 0 aromatic carbocycles. The molecule has 3 aromatic heterocycles. The molecule has 5 rings (SSSR count). The van der Waals surface area contributed by atoms with Crippen molar-refractivity contribution < 1.29 is 9.18 Å². The van der Waals surface area contributed by atoms with Gasteiger partial charge in [0.05, 0.1) is 11.2 Å². The van der Waals surface area contributed by atoms with E-state index in [1.54, 1.807) is 18.5 Å². The number of nitrogens with zero attached hydrogens (tertiary/aromatic N) is 3. The third-order valence-electron chi connectivity index (χ3n) is 6.55. The van der Waals surface area contributed by atoms with Crippen molar-refractivity contribution in [3.63, 3.8) is 0 Å². The molecular formula is C23H27ClFN7O. The van der Waals surface area contributed by atoms with E-state index >= 15 is 0 Å². The van der Waals surface area contributed by atoms with Gasteiger partial charge in [-0.3, -0.25) is 4.79 Å². The lowest BCUT2D eigenvalue weighted by atomic mass is 9.89. The molecule has 174 valence electrons. The summed E-state index contributed by atoms with van der Waals surface area (Å²) >= 11 is 6.10. The number of halogens is 2. The first-order valence-corrected chi connectivity index (χ1v) is 11.9. The molecule has 1 saturated heterocycles. The number of fused-ring (bicyclic) bond motifs is 1. The van der Waals surface area contributed by atoms with Gasteiger partial charge >= 0.3 is 0 Å². The number of rotatable bonds is 5. The van der Waals surface area contributed by atoms with Crippen LogP contribution in [0.2, 0.25) is 5.02 Å². The molecule has 33 heavy (non-hydrogen) atoms. The summed E-state index contributed by atoms with van der Waals surface area (Å²) in [6.45, 7) is 1.78. The largest absolute Gasteiger partial charge is 0.365 e. The highest BCUT2D eigenvalue weighted by atomic mass is 35.5. The highest BCUT2D eigenvalue weighted by Gasteiger charge is 2.28. The zero-order valence-electron chi connectivity index (χ0n) is 18.2. The van der Waals surface area contributed by atoms with Crippen LogP contribution in [0.1, 0.15) is 38.5 Å². The van der Waals surface area contributed by atoms with Gasteiger partial charge in [-0.05, 0) is 57.7 Å². The molecule has 1 aliphatic carbocycles. The van der Waals surface area contributed by atoms with Gasteiger partial charge in [0, 0.05) is 41.3 Å². The average molecular weight is 472 g/mol. The quantitative estimate of drug-likeness (QED) is 0.452. The summed E-state index contributed by atoms with van der Waals surface area (Å²) in [5.74, 6) is 0.279. The van der Waals surface area contributed by atoms with Crippen LogP contribution in [-0.4, -0.2) is 51.0 Å². The molecule has 4 heterocycles. The number of H-pyrrole nitrogens is 1. The summed E-state index contributed by atoms with van der Waals surface area (Å²) in [6.07, 6.45) is 9.78. The number of aromatic amines is 1. The third kappa shape index (κ3) is 4.94. The van der Waals surface area contributed by atoms with Crippen molar-refractivity contribution in [2.24, 2.45) is 5.92 Å². The molecular weight excluding hydrogens is 445 g/mol. The number of nitrogens with one attached hydrogen (secondary N) is 4. The first kappa shape index (κ1) is 22.0. The van der Waals surface area contributed by atoms with Crippen molar-refractivity contribution in [3.8, 4) is 11.4 Å². The molecule has 8 nitrogen and oxygen atoms in total. The van der Waals surface area contributed by atoms with Crippen molar-refractivity contribution in [2.75, 3.05) is 18.4 Å². The second kappa shape index (κ2) is 9.61. The third-order valence-corrected chi connectivity index (χ3v) is 6.76. The fraction of sp³-hybridized carbons (Fsp3) is 0.478. The molecule has 2 aliphatic rings. The minimum Gasteiger partial charge on any atom is -0.365 e. The van der Waals surface area contributed by atoms with Gasteiger partial charge < -0.3 is 20.9 Å². The van der Waals surface area contributed by atoms with Crippen LogP contribution in [0.4, 0.5) is 10.2 Å². The predicted octanol–water partition coefficient (Wildman–Crippen LogP) is 3.65. The lowest BCUT2D eigenvalue weighted by molar-refractivity contribution is -0.126. The summed E-state index contributed by atoms with van der Waals surface area (Å²) in [7, 11) is 0. The standard InChI is InChI=1S/C23H27ClFN7O/c24-14-8-17-18(11-28-20(17)27-10-14)21-29-12-19(25)22(32-21)30-15-2-1-3-16(9-15)31-23(33)13-4-6-26-7-5-13/h8,10-13,15-16,26H,1-7,9H2,(H,27,28)(H,31,33)(H,29,30,32)/t15-,16+/m0/s1. The Labute approximate surface area is 196 Å². The molecule has 0 unspecified atom stereocenters. The summed E-state index contributed by atoms with van der Waals surface area (Å²) in [6, 6.07) is 1.89. The van der Waals surface area contributed by atoms with Crippen molar-refractivity contribution >= 4 is 34.4 Å². The second-order valence-corrected chi connectivity index (χ2v) is 9.32. The molecule has 1 saturated carbocycles. The van der Waals surface area contributed by atoms with Crippen molar-refractivity contribution in [3.05, 3.63) is 35.5 Å². The van der Waals surface area contributed by atoms with E-state index in [2.05, 4.69) is 35.9 Å². The van der Waals surface area contributed by atoms with E-state index in [1.807, 2.05) is 0 Å². The van der Waals surface area contributed by atoms with Crippen LogP contribution in [0.25, 0.3) is 22.4 Å². The average Bonchev–Trinajstić information content (AvgIpc) is 3.24. The Morgan fingerprint density at radius 2 is 1.94 bits per heavy atom. The van der Waals surface area contributed by atoms with Gasteiger partial charge in [-0.1, -0.05) is 11.6 Å². The smallest absolute Gasteiger partial charge is 0.223 e. The number of pyridine rings is 1. The first-order chi connectivity index (χ1) is 16.1. The second-order valence-electron chi connectivity index (χ2n) is 8.88. The summed E-state index contributed by atoms with van der Waals surface area (Å²) in [4.78, 5) is 28.6. The van der Waals surface area contributed by atoms with E-state index in [0.29, 0.717) is 22.1 Å². The van der Waals surface area contributed by atoms with Crippen LogP contribution in [-0.2, 0) is 4.79 Å². The maximum Gasteiger partial charge on any atom is 0.223 e. The van der Waals surface area contributed by atoms with Crippen LogP contribution in [0.5, 0.6) is 0 Å². The van der Waals surface area contributed by atoms with Crippen LogP contribution in [0.3, 0.4) is 0 Å².